The molecule has 0 amide bonds. The molecule has 432 valence electrons. The molecule has 0 bridgehead atoms. The van der Waals surface area contributed by atoms with Crippen LogP contribution in [0.2, 0.25) is 0 Å². The number of hydrogen-bond donors (Lipinski definition) is 0. The Kier molecular flexibility index (Phi) is 42.3. The summed E-state index contributed by atoms with van der Waals surface area (Å²) in [7, 11) is -8.87. The van der Waals surface area contributed by atoms with Crippen molar-refractivity contribution < 1.29 is 25.9 Å². The minimum Gasteiger partial charge on any atom is -0.744 e. The summed E-state index contributed by atoms with van der Waals surface area (Å²) in [6.45, 7) is 9.07. The van der Waals surface area contributed by atoms with Crippen molar-refractivity contribution in [1.82, 2.24) is 0 Å². The summed E-state index contributed by atoms with van der Waals surface area (Å²) in [5, 5.41) is 3.81. The Morgan fingerprint density at radius 2 is 0.442 bits per heavy atom. The molecule has 0 radical (unpaired) electrons. The average molecular weight is 1230 g/mol. The van der Waals surface area contributed by atoms with Gasteiger partial charge in [-0.1, -0.05) is 295 Å². The SMILES string of the molecule is CCCCCCCCCCCCc1cc2ccc(S(=O)(=O)[O-])cc2cc1CCCCCCCCCCCC.CCCCCCCCCCCCc1cc2ccc(S(=O)(=O)[O-])cc2cc1CCCCCCCCCCCC.[Ba+2]. The van der Waals surface area contributed by atoms with Crippen LogP contribution in [-0.4, -0.2) is 74.8 Å². The van der Waals surface area contributed by atoms with Crippen molar-refractivity contribution in [3.8, 4) is 0 Å². The molecule has 4 rings (SSSR count). The van der Waals surface area contributed by atoms with Crippen LogP contribution in [0.3, 0.4) is 0 Å². The van der Waals surface area contributed by atoms with Crippen molar-refractivity contribution in [3.63, 3.8) is 0 Å². The Bertz CT molecular complexity index is 2160. The summed E-state index contributed by atoms with van der Waals surface area (Å²) in [5.74, 6) is 0. The topological polar surface area (TPSA) is 114 Å². The summed E-state index contributed by atoms with van der Waals surface area (Å²) in [6, 6.07) is 18.4. The molecule has 0 N–H and O–H groups in total. The van der Waals surface area contributed by atoms with E-state index in [9.17, 15) is 25.9 Å². The first-order chi connectivity index (χ1) is 36.9. The van der Waals surface area contributed by atoms with E-state index in [1.54, 1.807) is 24.3 Å². The van der Waals surface area contributed by atoms with Crippen LogP contribution in [0.1, 0.15) is 307 Å². The van der Waals surface area contributed by atoms with E-state index in [2.05, 4.69) is 52.0 Å². The van der Waals surface area contributed by atoms with Crippen LogP contribution in [-0.2, 0) is 45.9 Å². The fraction of sp³-hybridized carbons (Fsp3) is 0.706. The third-order valence-corrected chi connectivity index (χ3v) is 17.7. The molecule has 0 aliphatic heterocycles. The smallest absolute Gasteiger partial charge is 0.744 e. The molecule has 0 saturated carbocycles. The van der Waals surface area contributed by atoms with E-state index in [0.29, 0.717) is 0 Å². The zero-order valence-corrected chi connectivity index (χ0v) is 55.9. The first kappa shape index (κ1) is 71.9. The van der Waals surface area contributed by atoms with Crippen LogP contribution in [0.4, 0.5) is 0 Å². The van der Waals surface area contributed by atoms with Crippen LogP contribution < -0.4 is 0 Å². The molecule has 0 aliphatic rings. The normalized spacial score (nSPS) is 11.8. The Balaban J connectivity index is 0.000000520. The van der Waals surface area contributed by atoms with Crippen LogP contribution in [0.5, 0.6) is 0 Å². The minimum absolute atomic E-state index is 0. The number of hydrogen-bond acceptors (Lipinski definition) is 6. The van der Waals surface area contributed by atoms with Crippen LogP contribution in [0, 0.1) is 0 Å². The zero-order chi connectivity index (χ0) is 55.0. The van der Waals surface area contributed by atoms with Gasteiger partial charge in [-0.05, 0) is 119 Å². The molecular formula is C68H110BaO6S2. The van der Waals surface area contributed by atoms with Crippen LogP contribution in [0.15, 0.2) is 70.5 Å². The first-order valence-corrected chi connectivity index (χ1v) is 34.8. The summed E-state index contributed by atoms with van der Waals surface area (Å²) in [4.78, 5) is -0.255. The number of benzene rings is 4. The first-order valence-electron chi connectivity index (χ1n) is 31.9. The van der Waals surface area contributed by atoms with Crippen molar-refractivity contribution in [2.75, 3.05) is 0 Å². The van der Waals surface area contributed by atoms with E-state index in [-0.39, 0.29) is 58.7 Å². The second kappa shape index (κ2) is 45.3. The molecule has 6 nitrogen and oxygen atoms in total. The Labute approximate surface area is 514 Å². The summed E-state index contributed by atoms with van der Waals surface area (Å²) in [6.07, 6.45) is 57.5. The average Bonchev–Trinajstić information content (AvgIpc) is 3.40. The van der Waals surface area contributed by atoms with Crippen molar-refractivity contribution in [2.24, 2.45) is 0 Å². The van der Waals surface area contributed by atoms with E-state index in [4.69, 9.17) is 0 Å². The molecule has 9 heteroatoms. The molecule has 0 aliphatic carbocycles. The van der Waals surface area contributed by atoms with E-state index in [1.165, 1.54) is 291 Å². The molecule has 0 heterocycles. The fourth-order valence-electron chi connectivity index (χ4n) is 11.2. The van der Waals surface area contributed by atoms with Crippen LogP contribution >= 0.6 is 0 Å². The van der Waals surface area contributed by atoms with Crippen molar-refractivity contribution in [1.29, 1.82) is 0 Å². The predicted molar refractivity (Wildman–Crippen MR) is 332 cm³/mol. The van der Waals surface area contributed by atoms with Gasteiger partial charge in [0.1, 0.15) is 20.2 Å². The van der Waals surface area contributed by atoms with E-state index in [0.717, 1.165) is 47.2 Å². The third kappa shape index (κ3) is 33.5. The number of fused-ring (bicyclic) bond motifs is 2. The molecule has 0 fully saturated rings. The van der Waals surface area contributed by atoms with Gasteiger partial charge in [0.05, 0.1) is 9.79 Å². The molecular weight excluding hydrogens is 1110 g/mol. The summed E-state index contributed by atoms with van der Waals surface area (Å²) in [5.41, 5.74) is 5.50. The van der Waals surface area contributed by atoms with Crippen molar-refractivity contribution >= 4 is 90.7 Å². The molecule has 4 aromatic rings. The number of unbranched alkanes of at least 4 members (excludes halogenated alkanes) is 36. The zero-order valence-electron chi connectivity index (χ0n) is 49.9. The maximum absolute atomic E-state index is 11.6. The molecule has 77 heavy (non-hydrogen) atoms. The summed E-state index contributed by atoms with van der Waals surface area (Å²) < 4.78 is 69.4. The molecule has 0 spiro atoms. The maximum Gasteiger partial charge on any atom is 2.00 e. The van der Waals surface area contributed by atoms with Gasteiger partial charge in [0, 0.05) is 0 Å². The van der Waals surface area contributed by atoms with Gasteiger partial charge < -0.3 is 9.11 Å². The van der Waals surface area contributed by atoms with Gasteiger partial charge in [0.25, 0.3) is 0 Å². The van der Waals surface area contributed by atoms with Gasteiger partial charge in [0.2, 0.25) is 0 Å². The van der Waals surface area contributed by atoms with Gasteiger partial charge in [-0.25, -0.2) is 16.8 Å². The quantitative estimate of drug-likeness (QED) is 0.0247. The standard InChI is InChI=1S/2C34H56O3S.Ba/c2*1-3-5-7-9-11-13-15-17-19-21-23-30-27-32-25-26-34(38(35,36)37)29-33(32)28-31(30)24-22-20-18-16-14-12-10-8-6-4-2;/h2*25-29H,3-24H2,1-2H3,(H,35,36,37);/q;;+2/p-2. The number of aryl methyl sites for hydroxylation is 4. The molecule has 4 aromatic carbocycles. The van der Waals surface area contributed by atoms with Gasteiger partial charge >= 0.3 is 48.9 Å². The Morgan fingerprint density at radius 1 is 0.260 bits per heavy atom. The third-order valence-electron chi connectivity index (χ3n) is 16.0. The fourth-order valence-corrected chi connectivity index (χ4v) is 12.2. The van der Waals surface area contributed by atoms with Gasteiger partial charge in [-0.2, -0.15) is 0 Å². The summed E-state index contributed by atoms with van der Waals surface area (Å²) >= 11 is 0. The van der Waals surface area contributed by atoms with E-state index >= 15 is 0 Å². The molecule has 0 unspecified atom stereocenters. The Hall–Kier alpha value is -1.21. The second-order valence-electron chi connectivity index (χ2n) is 22.9. The van der Waals surface area contributed by atoms with E-state index in [1.807, 2.05) is 0 Å². The predicted octanol–water partition coefficient (Wildman–Crippen LogP) is 21.0. The molecule has 0 aromatic heterocycles. The van der Waals surface area contributed by atoms with E-state index < -0.39 is 20.2 Å². The largest absolute Gasteiger partial charge is 2.00 e. The molecule has 0 saturated heterocycles. The van der Waals surface area contributed by atoms with Crippen molar-refractivity contribution in [2.45, 2.75) is 320 Å². The maximum atomic E-state index is 11.6. The van der Waals surface area contributed by atoms with Gasteiger partial charge in [-0.3, -0.25) is 0 Å². The second-order valence-corrected chi connectivity index (χ2v) is 25.7. The van der Waals surface area contributed by atoms with Crippen molar-refractivity contribution in [3.05, 3.63) is 82.9 Å². The monoisotopic (exact) mass is 1220 g/mol. The van der Waals surface area contributed by atoms with Gasteiger partial charge in [-0.15, -0.1) is 0 Å². The number of rotatable bonds is 46. The van der Waals surface area contributed by atoms with Gasteiger partial charge in [0.15, 0.2) is 0 Å². The Morgan fingerprint density at radius 3 is 0.636 bits per heavy atom. The van der Waals surface area contributed by atoms with Crippen LogP contribution in [0.25, 0.3) is 21.5 Å². The minimum atomic E-state index is -4.44. The molecule has 0 atom stereocenters.